The van der Waals surface area contributed by atoms with Crippen LogP contribution in [-0.2, 0) is 10.0 Å². The summed E-state index contributed by atoms with van der Waals surface area (Å²) in [6.07, 6.45) is 7.49. The lowest BCUT2D eigenvalue weighted by molar-refractivity contribution is -0.384. The van der Waals surface area contributed by atoms with E-state index in [1.165, 1.54) is 19.2 Å². The fourth-order valence-electron chi connectivity index (χ4n) is 3.34. The van der Waals surface area contributed by atoms with E-state index in [1.54, 1.807) is 6.20 Å². The fraction of sp³-hybridized carbons (Fsp3) is 0.438. The van der Waals surface area contributed by atoms with Crippen LogP contribution in [0.15, 0.2) is 41.6 Å². The Morgan fingerprint density at radius 3 is 2.73 bits per heavy atom. The molecule has 1 fully saturated rings. The van der Waals surface area contributed by atoms with E-state index >= 15 is 0 Å². The zero-order valence-corrected chi connectivity index (χ0v) is 15.1. The predicted molar refractivity (Wildman–Crippen MR) is 96.5 cm³/mol. The van der Waals surface area contributed by atoms with Gasteiger partial charge < -0.3 is 5.32 Å². The molecule has 1 aromatic heterocycles. The van der Waals surface area contributed by atoms with Crippen LogP contribution >= 0.6 is 0 Å². The minimum Gasteiger partial charge on any atom is -0.375 e. The van der Waals surface area contributed by atoms with Crippen LogP contribution in [0.25, 0.3) is 0 Å². The van der Waals surface area contributed by atoms with Crippen LogP contribution in [0.2, 0.25) is 0 Å². The third-order valence-corrected chi connectivity index (χ3v) is 6.09. The number of benzene rings is 1. The molecule has 0 saturated heterocycles. The molecular weight excluding hydrogens is 358 g/mol. The first-order chi connectivity index (χ1) is 12.4. The number of aromatic nitrogens is 2. The van der Waals surface area contributed by atoms with E-state index in [1.807, 2.05) is 16.9 Å². The molecule has 10 heteroatoms. The van der Waals surface area contributed by atoms with Crippen molar-refractivity contribution in [3.05, 3.63) is 46.8 Å². The van der Waals surface area contributed by atoms with Crippen LogP contribution in [0.3, 0.4) is 0 Å². The Kier molecular flexibility index (Phi) is 5.23. The number of nitrogens with zero attached hydrogens (tertiary/aromatic N) is 3. The van der Waals surface area contributed by atoms with Crippen LogP contribution < -0.4 is 10.0 Å². The SMILES string of the molecule is CNS(=O)(=O)c1ccc(N[C@@H]2CCCC[C@H]2n2cccn2)c([N+](=O)[O-])c1. The summed E-state index contributed by atoms with van der Waals surface area (Å²) in [6, 6.07) is 5.84. The van der Waals surface area contributed by atoms with E-state index < -0.39 is 14.9 Å². The van der Waals surface area contributed by atoms with Gasteiger partial charge in [-0.3, -0.25) is 14.8 Å². The molecule has 1 saturated carbocycles. The minimum atomic E-state index is -3.75. The molecule has 0 bridgehead atoms. The molecule has 26 heavy (non-hydrogen) atoms. The highest BCUT2D eigenvalue weighted by molar-refractivity contribution is 7.89. The number of hydrogen-bond acceptors (Lipinski definition) is 6. The van der Waals surface area contributed by atoms with Gasteiger partial charge in [0.2, 0.25) is 10.0 Å². The molecule has 140 valence electrons. The first-order valence-corrected chi connectivity index (χ1v) is 9.88. The molecule has 0 unspecified atom stereocenters. The van der Waals surface area contributed by atoms with Crippen molar-refractivity contribution in [1.29, 1.82) is 0 Å². The highest BCUT2D eigenvalue weighted by Crippen LogP contribution is 2.34. The second-order valence-corrected chi connectivity index (χ2v) is 8.12. The van der Waals surface area contributed by atoms with Crippen molar-refractivity contribution >= 4 is 21.4 Å². The quantitative estimate of drug-likeness (QED) is 0.587. The third kappa shape index (κ3) is 3.70. The Balaban J connectivity index is 1.92. The largest absolute Gasteiger partial charge is 0.375 e. The van der Waals surface area contributed by atoms with E-state index in [0.29, 0.717) is 5.69 Å². The molecule has 1 aliphatic rings. The van der Waals surface area contributed by atoms with Crippen LogP contribution in [-0.4, -0.2) is 36.2 Å². The van der Waals surface area contributed by atoms with Crippen LogP contribution in [0.5, 0.6) is 0 Å². The molecule has 0 spiro atoms. The Labute approximate surface area is 151 Å². The lowest BCUT2D eigenvalue weighted by Gasteiger charge is -2.33. The molecule has 1 heterocycles. The van der Waals surface area contributed by atoms with Gasteiger partial charge in [0.15, 0.2) is 0 Å². The number of nitro benzene ring substituents is 1. The topological polar surface area (TPSA) is 119 Å². The maximum Gasteiger partial charge on any atom is 0.293 e. The Morgan fingerprint density at radius 1 is 1.31 bits per heavy atom. The summed E-state index contributed by atoms with van der Waals surface area (Å²) in [5.41, 5.74) is 0.0558. The lowest BCUT2D eigenvalue weighted by atomic mass is 9.90. The zero-order chi connectivity index (χ0) is 18.7. The van der Waals surface area contributed by atoms with Crippen molar-refractivity contribution in [3.63, 3.8) is 0 Å². The third-order valence-electron chi connectivity index (χ3n) is 4.68. The smallest absolute Gasteiger partial charge is 0.293 e. The van der Waals surface area contributed by atoms with E-state index in [0.717, 1.165) is 31.7 Å². The van der Waals surface area contributed by atoms with Gasteiger partial charge in [-0.05, 0) is 38.1 Å². The van der Waals surface area contributed by atoms with Gasteiger partial charge in [-0.25, -0.2) is 13.1 Å². The molecule has 2 atom stereocenters. The van der Waals surface area contributed by atoms with Crippen LogP contribution in [0, 0.1) is 10.1 Å². The van der Waals surface area contributed by atoms with Crippen molar-refractivity contribution in [3.8, 4) is 0 Å². The van der Waals surface area contributed by atoms with Crippen molar-refractivity contribution in [1.82, 2.24) is 14.5 Å². The van der Waals surface area contributed by atoms with Crippen molar-refractivity contribution in [2.24, 2.45) is 0 Å². The summed E-state index contributed by atoms with van der Waals surface area (Å²) >= 11 is 0. The van der Waals surface area contributed by atoms with Crippen molar-refractivity contribution < 1.29 is 13.3 Å². The second kappa shape index (κ2) is 7.42. The summed E-state index contributed by atoms with van der Waals surface area (Å²) in [6.45, 7) is 0. The fourth-order valence-corrected chi connectivity index (χ4v) is 4.09. The summed E-state index contributed by atoms with van der Waals surface area (Å²) in [5.74, 6) is 0. The van der Waals surface area contributed by atoms with Gasteiger partial charge in [-0.2, -0.15) is 5.10 Å². The van der Waals surface area contributed by atoms with Gasteiger partial charge in [0.05, 0.1) is 15.9 Å². The Morgan fingerprint density at radius 2 is 2.08 bits per heavy atom. The van der Waals surface area contributed by atoms with Crippen LogP contribution in [0.4, 0.5) is 11.4 Å². The highest BCUT2D eigenvalue weighted by Gasteiger charge is 2.29. The average molecular weight is 379 g/mol. The molecule has 0 radical (unpaired) electrons. The minimum absolute atomic E-state index is 0.0193. The summed E-state index contributed by atoms with van der Waals surface area (Å²) in [4.78, 5) is 10.8. The van der Waals surface area contributed by atoms with E-state index in [-0.39, 0.29) is 22.7 Å². The van der Waals surface area contributed by atoms with E-state index in [2.05, 4.69) is 15.1 Å². The molecule has 0 aliphatic heterocycles. The van der Waals surface area contributed by atoms with Gasteiger partial charge in [0, 0.05) is 24.5 Å². The standard InChI is InChI=1S/C16H21N5O4S/c1-17-26(24,25)12-7-8-14(16(11-12)21(22)23)19-13-5-2-3-6-15(13)20-10-4-9-18-20/h4,7-11,13,15,17,19H,2-3,5-6H2,1H3/t13-,15-/m1/s1. The number of anilines is 1. The number of nitrogens with one attached hydrogen (secondary N) is 2. The lowest BCUT2D eigenvalue weighted by Crippen LogP contribution is -2.34. The number of rotatable bonds is 6. The Hall–Kier alpha value is -2.46. The highest BCUT2D eigenvalue weighted by atomic mass is 32.2. The van der Waals surface area contributed by atoms with E-state index in [4.69, 9.17) is 0 Å². The second-order valence-electron chi connectivity index (χ2n) is 6.23. The van der Waals surface area contributed by atoms with Gasteiger partial charge in [-0.1, -0.05) is 12.8 Å². The average Bonchev–Trinajstić information content (AvgIpc) is 3.16. The molecule has 9 nitrogen and oxygen atoms in total. The summed E-state index contributed by atoms with van der Waals surface area (Å²) in [7, 11) is -2.48. The monoisotopic (exact) mass is 379 g/mol. The molecule has 0 amide bonds. The first kappa shape index (κ1) is 18.3. The van der Waals surface area contributed by atoms with E-state index in [9.17, 15) is 18.5 Å². The molecule has 3 rings (SSSR count). The first-order valence-electron chi connectivity index (χ1n) is 8.40. The summed E-state index contributed by atoms with van der Waals surface area (Å²) in [5, 5.41) is 19.0. The maximum atomic E-state index is 11.9. The maximum absolute atomic E-state index is 11.9. The van der Waals surface area contributed by atoms with Gasteiger partial charge >= 0.3 is 0 Å². The molecular formula is C16H21N5O4S. The zero-order valence-electron chi connectivity index (χ0n) is 14.3. The predicted octanol–water partition coefficient (Wildman–Crippen LogP) is 2.30. The van der Waals surface area contributed by atoms with Gasteiger partial charge in [0.1, 0.15) is 5.69 Å². The van der Waals surface area contributed by atoms with Gasteiger partial charge in [-0.15, -0.1) is 0 Å². The molecule has 1 aromatic carbocycles. The Bertz CT molecular complexity index is 882. The number of hydrogen-bond donors (Lipinski definition) is 2. The van der Waals surface area contributed by atoms with Crippen molar-refractivity contribution in [2.75, 3.05) is 12.4 Å². The van der Waals surface area contributed by atoms with Crippen LogP contribution in [0.1, 0.15) is 31.7 Å². The molecule has 2 N–H and O–H groups in total. The normalized spacial score (nSPS) is 20.7. The van der Waals surface area contributed by atoms with Gasteiger partial charge in [0.25, 0.3) is 5.69 Å². The molecule has 1 aliphatic carbocycles. The van der Waals surface area contributed by atoms with Crippen molar-refractivity contribution in [2.45, 2.75) is 42.7 Å². The molecule has 2 aromatic rings. The number of sulfonamides is 1. The number of nitro groups is 1. The summed E-state index contributed by atoms with van der Waals surface area (Å²) < 4.78 is 27.9.